The molecular weight excluding hydrogens is 188 g/mol. The van der Waals surface area contributed by atoms with Crippen LogP contribution in [0.3, 0.4) is 0 Å². The fourth-order valence-electron chi connectivity index (χ4n) is 2.56. The molecule has 2 saturated heterocycles. The Hall–Kier alpha value is -0.120. The van der Waals surface area contributed by atoms with E-state index in [9.17, 15) is 0 Å². The van der Waals surface area contributed by atoms with E-state index in [2.05, 4.69) is 17.3 Å². The Labute approximate surface area is 93.2 Å². The van der Waals surface area contributed by atoms with Crippen LogP contribution in [0.2, 0.25) is 0 Å². The van der Waals surface area contributed by atoms with Gasteiger partial charge in [-0.25, -0.2) is 0 Å². The molecule has 2 rings (SSSR count). The summed E-state index contributed by atoms with van der Waals surface area (Å²) in [5, 5.41) is 3.37. The average Bonchev–Trinajstić information content (AvgIpc) is 2.29. The summed E-state index contributed by atoms with van der Waals surface area (Å²) < 4.78 is 6.01. The van der Waals surface area contributed by atoms with E-state index >= 15 is 0 Å². The number of likely N-dealkylation sites (N-methyl/N-ethyl adjacent to an activating group) is 1. The van der Waals surface area contributed by atoms with Gasteiger partial charge in [-0.3, -0.25) is 0 Å². The quantitative estimate of drug-likeness (QED) is 0.762. The average molecular weight is 212 g/mol. The van der Waals surface area contributed by atoms with E-state index in [-0.39, 0.29) is 0 Å². The Kier molecular flexibility index (Phi) is 4.42. The van der Waals surface area contributed by atoms with Crippen LogP contribution >= 0.6 is 0 Å². The minimum absolute atomic E-state index is 0.515. The molecule has 0 aliphatic carbocycles. The van der Waals surface area contributed by atoms with E-state index in [1.807, 2.05) is 0 Å². The van der Waals surface area contributed by atoms with Crippen LogP contribution in [0, 0.1) is 0 Å². The molecule has 0 spiro atoms. The maximum Gasteiger partial charge on any atom is 0.0625 e. The molecule has 15 heavy (non-hydrogen) atoms. The normalized spacial score (nSPS) is 30.6. The number of ether oxygens (including phenoxy) is 1. The molecule has 0 amide bonds. The molecular formula is C12H24N2O. The minimum atomic E-state index is 0.515. The first-order valence-corrected chi connectivity index (χ1v) is 6.39. The highest BCUT2D eigenvalue weighted by Crippen LogP contribution is 2.17. The maximum atomic E-state index is 6.01. The highest BCUT2D eigenvalue weighted by molar-refractivity contribution is 4.75. The lowest BCUT2D eigenvalue weighted by Crippen LogP contribution is -2.41. The highest BCUT2D eigenvalue weighted by Gasteiger charge is 2.21. The lowest BCUT2D eigenvalue weighted by molar-refractivity contribution is -0.00897. The van der Waals surface area contributed by atoms with Crippen LogP contribution in [0.1, 0.15) is 32.1 Å². The van der Waals surface area contributed by atoms with Crippen molar-refractivity contribution in [2.75, 3.05) is 33.3 Å². The van der Waals surface area contributed by atoms with Crippen LogP contribution in [0.5, 0.6) is 0 Å². The zero-order valence-electron chi connectivity index (χ0n) is 9.87. The summed E-state index contributed by atoms with van der Waals surface area (Å²) in [7, 11) is 2.23. The van der Waals surface area contributed by atoms with Crippen molar-refractivity contribution >= 4 is 0 Å². The number of piperidine rings is 2. The third-order valence-electron chi connectivity index (χ3n) is 3.73. The molecule has 2 aliphatic rings. The third-order valence-corrected chi connectivity index (χ3v) is 3.73. The van der Waals surface area contributed by atoms with E-state index in [1.54, 1.807) is 0 Å². The summed E-state index contributed by atoms with van der Waals surface area (Å²) in [6.45, 7) is 4.46. The minimum Gasteiger partial charge on any atom is -0.376 e. The van der Waals surface area contributed by atoms with Gasteiger partial charge in [0.2, 0.25) is 0 Å². The second-order valence-electron chi connectivity index (χ2n) is 4.91. The molecule has 1 unspecified atom stereocenters. The van der Waals surface area contributed by atoms with E-state index < -0.39 is 0 Å². The number of hydrogen-bond donors (Lipinski definition) is 1. The molecule has 0 aromatic carbocycles. The van der Waals surface area contributed by atoms with Crippen molar-refractivity contribution in [2.45, 2.75) is 44.2 Å². The Morgan fingerprint density at radius 1 is 1.20 bits per heavy atom. The van der Waals surface area contributed by atoms with Gasteiger partial charge in [0.1, 0.15) is 0 Å². The van der Waals surface area contributed by atoms with Gasteiger partial charge in [0.25, 0.3) is 0 Å². The van der Waals surface area contributed by atoms with Crippen LogP contribution in [0.4, 0.5) is 0 Å². The largest absolute Gasteiger partial charge is 0.376 e. The van der Waals surface area contributed by atoms with Crippen LogP contribution < -0.4 is 5.32 Å². The fourth-order valence-corrected chi connectivity index (χ4v) is 2.56. The van der Waals surface area contributed by atoms with Gasteiger partial charge < -0.3 is 15.0 Å². The number of rotatable bonds is 3. The number of hydrogen-bond acceptors (Lipinski definition) is 3. The van der Waals surface area contributed by atoms with Gasteiger partial charge in [-0.1, -0.05) is 6.42 Å². The van der Waals surface area contributed by atoms with E-state index in [0.717, 1.165) is 19.7 Å². The molecule has 1 atom stereocenters. The molecule has 2 fully saturated rings. The highest BCUT2D eigenvalue weighted by atomic mass is 16.5. The second-order valence-corrected chi connectivity index (χ2v) is 4.91. The topological polar surface area (TPSA) is 24.5 Å². The number of likely N-dealkylation sites (tertiary alicyclic amines) is 1. The van der Waals surface area contributed by atoms with Gasteiger partial charge in [-0.05, 0) is 52.4 Å². The van der Waals surface area contributed by atoms with Gasteiger partial charge in [0, 0.05) is 6.04 Å². The van der Waals surface area contributed by atoms with Gasteiger partial charge >= 0.3 is 0 Å². The molecule has 0 aromatic rings. The van der Waals surface area contributed by atoms with Crippen molar-refractivity contribution < 1.29 is 4.74 Å². The van der Waals surface area contributed by atoms with Crippen molar-refractivity contribution in [2.24, 2.45) is 0 Å². The molecule has 88 valence electrons. The lowest BCUT2D eigenvalue weighted by atomic mass is 10.0. The Bertz CT molecular complexity index is 180. The Morgan fingerprint density at radius 3 is 2.73 bits per heavy atom. The van der Waals surface area contributed by atoms with Gasteiger partial charge in [0.05, 0.1) is 12.7 Å². The summed E-state index contributed by atoms with van der Waals surface area (Å²) >= 11 is 0. The molecule has 0 aromatic heterocycles. The van der Waals surface area contributed by atoms with Gasteiger partial charge in [0.15, 0.2) is 0 Å². The standard InChI is InChI=1S/C12H24N2O/c1-14-9-3-2-4-11(14)10-15-12-5-7-13-8-6-12/h11-13H,2-10H2,1H3. The summed E-state index contributed by atoms with van der Waals surface area (Å²) in [6.07, 6.45) is 6.96. The zero-order chi connectivity index (χ0) is 10.5. The summed E-state index contributed by atoms with van der Waals surface area (Å²) in [6, 6.07) is 0.675. The van der Waals surface area contributed by atoms with Crippen LogP contribution in [-0.4, -0.2) is 50.3 Å². The van der Waals surface area contributed by atoms with Crippen molar-refractivity contribution in [3.63, 3.8) is 0 Å². The maximum absolute atomic E-state index is 6.01. The smallest absolute Gasteiger partial charge is 0.0625 e. The predicted octanol–water partition coefficient (Wildman–Crippen LogP) is 1.24. The molecule has 3 nitrogen and oxygen atoms in total. The molecule has 0 saturated carbocycles. The van der Waals surface area contributed by atoms with Crippen molar-refractivity contribution in [3.8, 4) is 0 Å². The summed E-state index contributed by atoms with van der Waals surface area (Å²) in [5.41, 5.74) is 0. The van der Waals surface area contributed by atoms with Crippen LogP contribution in [0.25, 0.3) is 0 Å². The second kappa shape index (κ2) is 5.83. The summed E-state index contributed by atoms with van der Waals surface area (Å²) in [4.78, 5) is 2.46. The van der Waals surface area contributed by atoms with Crippen LogP contribution in [-0.2, 0) is 4.74 Å². The van der Waals surface area contributed by atoms with Gasteiger partial charge in [-0.2, -0.15) is 0 Å². The zero-order valence-corrected chi connectivity index (χ0v) is 9.87. The van der Waals surface area contributed by atoms with E-state index in [0.29, 0.717) is 12.1 Å². The fraction of sp³-hybridized carbons (Fsp3) is 1.00. The molecule has 2 heterocycles. The predicted molar refractivity (Wildman–Crippen MR) is 62.1 cm³/mol. The SMILES string of the molecule is CN1CCCCC1COC1CCNCC1. The molecule has 0 radical (unpaired) electrons. The van der Waals surface area contributed by atoms with Crippen molar-refractivity contribution in [1.29, 1.82) is 0 Å². The van der Waals surface area contributed by atoms with Gasteiger partial charge in [-0.15, -0.1) is 0 Å². The molecule has 2 aliphatic heterocycles. The third kappa shape index (κ3) is 3.44. The Morgan fingerprint density at radius 2 is 2.00 bits per heavy atom. The number of nitrogens with zero attached hydrogens (tertiary/aromatic N) is 1. The Balaban J connectivity index is 1.67. The van der Waals surface area contributed by atoms with E-state index in [1.165, 1.54) is 38.6 Å². The first-order chi connectivity index (χ1) is 7.36. The van der Waals surface area contributed by atoms with Crippen molar-refractivity contribution in [3.05, 3.63) is 0 Å². The number of nitrogens with one attached hydrogen (secondary N) is 1. The molecule has 3 heteroatoms. The molecule has 1 N–H and O–H groups in total. The first kappa shape index (κ1) is 11.4. The summed E-state index contributed by atoms with van der Waals surface area (Å²) in [5.74, 6) is 0. The monoisotopic (exact) mass is 212 g/mol. The van der Waals surface area contributed by atoms with E-state index in [4.69, 9.17) is 4.74 Å². The first-order valence-electron chi connectivity index (χ1n) is 6.39. The van der Waals surface area contributed by atoms with Crippen molar-refractivity contribution in [1.82, 2.24) is 10.2 Å². The van der Waals surface area contributed by atoms with Crippen LogP contribution in [0.15, 0.2) is 0 Å². The lowest BCUT2D eigenvalue weighted by Gasteiger charge is -2.34. The molecule has 0 bridgehead atoms.